The van der Waals surface area contributed by atoms with Gasteiger partial charge in [-0.1, -0.05) is 0 Å². The lowest BCUT2D eigenvalue weighted by atomic mass is 9.93. The third-order valence-corrected chi connectivity index (χ3v) is 5.15. The van der Waals surface area contributed by atoms with E-state index in [1.54, 1.807) is 11.9 Å². The van der Waals surface area contributed by atoms with Gasteiger partial charge in [0.05, 0.1) is 0 Å². The van der Waals surface area contributed by atoms with Crippen molar-refractivity contribution in [2.75, 3.05) is 26.3 Å². The Labute approximate surface area is 145 Å². The summed E-state index contributed by atoms with van der Waals surface area (Å²) in [6, 6.07) is 0. The van der Waals surface area contributed by atoms with Crippen molar-refractivity contribution >= 4 is 5.91 Å². The number of hydrogen-bond donors (Lipinski definition) is 0. The third-order valence-electron chi connectivity index (χ3n) is 5.15. The molecule has 0 saturated carbocycles. The van der Waals surface area contributed by atoms with E-state index in [-0.39, 0.29) is 11.8 Å². The predicted molar refractivity (Wildman–Crippen MR) is 84.9 cm³/mol. The van der Waals surface area contributed by atoms with Crippen molar-refractivity contribution in [3.8, 4) is 0 Å². The second-order valence-corrected chi connectivity index (χ2v) is 7.03. The van der Waals surface area contributed by atoms with Gasteiger partial charge in [0.1, 0.15) is 5.82 Å². The number of aromatic nitrogens is 2. The van der Waals surface area contributed by atoms with E-state index in [1.165, 1.54) is 4.57 Å². The molecule has 0 aliphatic carbocycles. The van der Waals surface area contributed by atoms with E-state index < -0.39 is 11.9 Å². The second kappa shape index (κ2) is 7.35. The van der Waals surface area contributed by atoms with Crippen molar-refractivity contribution in [3.05, 3.63) is 17.7 Å². The zero-order valence-corrected chi connectivity index (χ0v) is 14.4. The Morgan fingerprint density at radius 2 is 2.04 bits per heavy atom. The summed E-state index contributed by atoms with van der Waals surface area (Å²) in [6.07, 6.45) is 0.433. The van der Waals surface area contributed by atoms with Crippen LogP contribution in [0.2, 0.25) is 0 Å². The summed E-state index contributed by atoms with van der Waals surface area (Å²) in [6.45, 7) is 2.53. The largest absolute Gasteiger partial charge is 0.434 e. The number of amides is 1. The van der Waals surface area contributed by atoms with Gasteiger partial charge < -0.3 is 14.2 Å². The van der Waals surface area contributed by atoms with Gasteiger partial charge >= 0.3 is 6.18 Å². The van der Waals surface area contributed by atoms with Crippen LogP contribution in [-0.4, -0.2) is 46.7 Å². The van der Waals surface area contributed by atoms with Crippen LogP contribution in [0.4, 0.5) is 13.2 Å². The lowest BCUT2D eigenvalue weighted by molar-refractivity contribution is -0.141. The first-order chi connectivity index (χ1) is 11.8. The van der Waals surface area contributed by atoms with Crippen LogP contribution < -0.4 is 0 Å². The minimum absolute atomic E-state index is 0.0989. The minimum atomic E-state index is -4.44. The SMILES string of the molecule is Cn1cc(C(F)(F)F)nc1[C@H]1CCCN(C(=O)CC2CCOCC2)C1. The highest BCUT2D eigenvalue weighted by Gasteiger charge is 2.36. The average molecular weight is 359 g/mol. The van der Waals surface area contributed by atoms with Crippen LogP contribution in [0.3, 0.4) is 0 Å². The zero-order chi connectivity index (χ0) is 18.0. The van der Waals surface area contributed by atoms with Gasteiger partial charge in [-0.3, -0.25) is 4.79 Å². The number of rotatable bonds is 3. The lowest BCUT2D eigenvalue weighted by Gasteiger charge is -2.34. The Bertz CT molecular complexity index is 609. The maximum absolute atomic E-state index is 12.9. The fourth-order valence-corrected chi connectivity index (χ4v) is 3.74. The number of ether oxygens (including phenoxy) is 1. The quantitative estimate of drug-likeness (QED) is 0.834. The van der Waals surface area contributed by atoms with Crippen molar-refractivity contribution in [1.29, 1.82) is 0 Å². The van der Waals surface area contributed by atoms with E-state index in [0.717, 1.165) is 31.9 Å². The number of aryl methyl sites for hydroxylation is 1. The molecule has 140 valence electrons. The molecule has 0 aromatic carbocycles. The molecule has 2 saturated heterocycles. The van der Waals surface area contributed by atoms with Crippen LogP contribution in [0.25, 0.3) is 0 Å². The highest BCUT2D eigenvalue weighted by molar-refractivity contribution is 5.76. The fourth-order valence-electron chi connectivity index (χ4n) is 3.74. The van der Waals surface area contributed by atoms with Gasteiger partial charge in [-0.05, 0) is 31.6 Å². The lowest BCUT2D eigenvalue weighted by Crippen LogP contribution is -2.40. The van der Waals surface area contributed by atoms with Crippen molar-refractivity contribution in [1.82, 2.24) is 14.5 Å². The molecule has 0 unspecified atom stereocenters. The molecule has 0 spiro atoms. The summed E-state index contributed by atoms with van der Waals surface area (Å²) in [7, 11) is 1.58. The number of imidazole rings is 1. The van der Waals surface area contributed by atoms with Crippen molar-refractivity contribution in [2.24, 2.45) is 13.0 Å². The number of likely N-dealkylation sites (tertiary alicyclic amines) is 1. The number of piperidine rings is 1. The molecule has 0 bridgehead atoms. The summed E-state index contributed by atoms with van der Waals surface area (Å²) >= 11 is 0. The first-order valence-corrected chi connectivity index (χ1v) is 8.80. The monoisotopic (exact) mass is 359 g/mol. The number of halogens is 3. The van der Waals surface area contributed by atoms with Crippen LogP contribution in [-0.2, 0) is 22.8 Å². The van der Waals surface area contributed by atoms with Crippen LogP contribution in [0.1, 0.15) is 49.5 Å². The summed E-state index contributed by atoms with van der Waals surface area (Å²) in [5, 5.41) is 0. The number of hydrogen-bond acceptors (Lipinski definition) is 3. The van der Waals surface area contributed by atoms with Crippen LogP contribution in [0.15, 0.2) is 6.20 Å². The number of alkyl halides is 3. The van der Waals surface area contributed by atoms with Crippen molar-refractivity contribution in [2.45, 2.75) is 44.2 Å². The van der Waals surface area contributed by atoms with E-state index in [2.05, 4.69) is 4.98 Å². The van der Waals surface area contributed by atoms with E-state index in [1.807, 2.05) is 0 Å². The molecule has 5 nitrogen and oxygen atoms in total. The molecule has 3 heterocycles. The Balaban J connectivity index is 1.64. The molecule has 0 radical (unpaired) electrons. The smallest absolute Gasteiger partial charge is 0.381 e. The molecule has 0 N–H and O–H groups in total. The summed E-state index contributed by atoms with van der Waals surface area (Å²) in [5.41, 5.74) is -0.865. The van der Waals surface area contributed by atoms with E-state index >= 15 is 0 Å². The van der Waals surface area contributed by atoms with Crippen molar-refractivity contribution in [3.63, 3.8) is 0 Å². The molecule has 3 rings (SSSR count). The number of nitrogens with zero attached hydrogens (tertiary/aromatic N) is 3. The normalized spacial score (nSPS) is 23.0. The molecule has 2 aliphatic rings. The average Bonchev–Trinajstić information content (AvgIpc) is 2.98. The maximum atomic E-state index is 12.9. The molecule has 1 atom stereocenters. The predicted octanol–water partition coefficient (Wildman–Crippen LogP) is 2.96. The molecular weight excluding hydrogens is 335 g/mol. The van der Waals surface area contributed by atoms with Gasteiger partial charge in [0.2, 0.25) is 5.91 Å². The highest BCUT2D eigenvalue weighted by Crippen LogP contribution is 2.32. The van der Waals surface area contributed by atoms with Crippen LogP contribution in [0.5, 0.6) is 0 Å². The number of carbonyl (C=O) groups is 1. The summed E-state index contributed by atoms with van der Waals surface area (Å²) in [4.78, 5) is 18.2. The molecule has 1 amide bonds. The van der Waals surface area contributed by atoms with Gasteiger partial charge in [-0.15, -0.1) is 0 Å². The van der Waals surface area contributed by atoms with E-state index in [9.17, 15) is 18.0 Å². The molecule has 1 aromatic rings. The molecule has 2 aliphatic heterocycles. The second-order valence-electron chi connectivity index (χ2n) is 7.03. The standard InChI is InChI=1S/C17H24F3N3O2/c1-22-11-14(17(18,19)20)21-16(22)13-3-2-6-23(10-13)15(24)9-12-4-7-25-8-5-12/h11-13H,2-10H2,1H3/t13-/m0/s1. The highest BCUT2D eigenvalue weighted by atomic mass is 19.4. The minimum Gasteiger partial charge on any atom is -0.381 e. The van der Waals surface area contributed by atoms with Gasteiger partial charge in [-0.25, -0.2) is 4.98 Å². The topological polar surface area (TPSA) is 47.4 Å². The van der Waals surface area contributed by atoms with Gasteiger partial charge in [0.15, 0.2) is 5.69 Å². The Morgan fingerprint density at radius 3 is 2.68 bits per heavy atom. The zero-order valence-electron chi connectivity index (χ0n) is 14.4. The molecular formula is C17H24F3N3O2. The van der Waals surface area contributed by atoms with Gasteiger partial charge in [0.25, 0.3) is 0 Å². The first-order valence-electron chi connectivity index (χ1n) is 8.80. The molecule has 25 heavy (non-hydrogen) atoms. The van der Waals surface area contributed by atoms with Crippen LogP contribution >= 0.6 is 0 Å². The number of carbonyl (C=O) groups excluding carboxylic acids is 1. The van der Waals surface area contributed by atoms with Crippen molar-refractivity contribution < 1.29 is 22.7 Å². The Hall–Kier alpha value is -1.57. The Morgan fingerprint density at radius 1 is 1.32 bits per heavy atom. The molecule has 8 heteroatoms. The first kappa shape index (κ1) is 18.2. The van der Waals surface area contributed by atoms with Crippen LogP contribution in [0, 0.1) is 5.92 Å². The summed E-state index contributed by atoms with van der Waals surface area (Å²) < 4.78 is 45.4. The third kappa shape index (κ3) is 4.34. The fraction of sp³-hybridized carbons (Fsp3) is 0.765. The van der Waals surface area contributed by atoms with E-state index in [0.29, 0.717) is 44.5 Å². The molecule has 1 aromatic heterocycles. The Kier molecular flexibility index (Phi) is 5.36. The van der Waals surface area contributed by atoms with Gasteiger partial charge in [-0.2, -0.15) is 13.2 Å². The van der Waals surface area contributed by atoms with Gasteiger partial charge in [0, 0.05) is 51.9 Å². The maximum Gasteiger partial charge on any atom is 0.434 e. The summed E-state index contributed by atoms with van der Waals surface area (Å²) in [5.74, 6) is 0.720. The van der Waals surface area contributed by atoms with E-state index in [4.69, 9.17) is 4.74 Å². The molecule has 2 fully saturated rings.